The number of carbonyl (C=O) groups excluding carboxylic acids is 5. The summed E-state index contributed by atoms with van der Waals surface area (Å²) in [6.07, 6.45) is 7.61. The van der Waals surface area contributed by atoms with E-state index in [9.17, 15) is 24.0 Å². The number of benzene rings is 1. The van der Waals surface area contributed by atoms with Crippen molar-refractivity contribution in [3.8, 4) is 0 Å². The molecule has 0 aliphatic carbocycles. The van der Waals surface area contributed by atoms with Gasteiger partial charge in [-0.05, 0) is 37.5 Å². The highest BCUT2D eigenvalue weighted by Crippen LogP contribution is 2.26. The van der Waals surface area contributed by atoms with Crippen molar-refractivity contribution in [2.24, 2.45) is 5.92 Å². The van der Waals surface area contributed by atoms with Gasteiger partial charge in [0.2, 0.25) is 23.6 Å². The number of nitrogens with zero attached hydrogens (tertiary/aromatic N) is 5. The number of rotatable bonds is 7. The molecule has 52 heavy (non-hydrogen) atoms. The molecule has 5 heterocycles. The largest absolute Gasteiger partial charge is 0.446 e. The molecule has 5 atom stereocenters. The highest BCUT2D eigenvalue weighted by Gasteiger charge is 2.43. The minimum atomic E-state index is -1.06. The van der Waals surface area contributed by atoms with E-state index in [0.717, 1.165) is 5.56 Å². The van der Waals surface area contributed by atoms with Crippen molar-refractivity contribution in [3.05, 3.63) is 89.5 Å². The van der Waals surface area contributed by atoms with Crippen LogP contribution in [0.3, 0.4) is 0 Å². The van der Waals surface area contributed by atoms with Gasteiger partial charge in [0.15, 0.2) is 16.5 Å². The monoisotopic (exact) mass is 729 g/mol. The molecule has 4 bridgehead atoms. The zero-order chi connectivity index (χ0) is 36.9. The number of nitrogens with one attached hydrogen (secondary N) is 4. The SMILES string of the molecule is CSc1ncc(C(=O)N[C@H]2C[C@H]3C(=O)N[C@@H](Cc4ccccc4)c4nc(co4)C(=O)N[C@H](CC(C)C)C(=O)N[C@H](C)c4nc(co4)C(=O)N3C2)cn1. The zero-order valence-corrected chi connectivity index (χ0v) is 29.8. The third-order valence-electron chi connectivity index (χ3n) is 8.72. The quantitative estimate of drug-likeness (QED) is 0.160. The van der Waals surface area contributed by atoms with Crippen molar-refractivity contribution in [3.63, 3.8) is 0 Å². The first-order valence-electron chi connectivity index (χ1n) is 16.8. The van der Waals surface area contributed by atoms with E-state index in [1.165, 1.54) is 41.6 Å². The van der Waals surface area contributed by atoms with Gasteiger partial charge in [-0.3, -0.25) is 24.0 Å². The first kappa shape index (κ1) is 36.2. The predicted molar refractivity (Wildman–Crippen MR) is 186 cm³/mol. The molecule has 1 aromatic carbocycles. The van der Waals surface area contributed by atoms with E-state index in [0.29, 0.717) is 11.6 Å². The van der Waals surface area contributed by atoms with E-state index in [4.69, 9.17) is 8.83 Å². The Balaban J connectivity index is 1.34. The second kappa shape index (κ2) is 15.8. The number of carbonyl (C=O) groups is 5. The highest BCUT2D eigenvalue weighted by molar-refractivity contribution is 7.98. The van der Waals surface area contributed by atoms with Gasteiger partial charge in [-0.2, -0.15) is 0 Å². The number of thioether (sulfide) groups is 1. The maximum Gasteiger partial charge on any atom is 0.276 e. The van der Waals surface area contributed by atoms with Gasteiger partial charge in [0.1, 0.15) is 36.7 Å². The summed E-state index contributed by atoms with van der Waals surface area (Å²) in [6, 6.07) is 5.05. The Bertz CT molecular complexity index is 1930. The van der Waals surface area contributed by atoms with Crippen LogP contribution in [0.25, 0.3) is 0 Å². The molecule has 4 N–H and O–H groups in total. The second-order valence-corrected chi connectivity index (χ2v) is 13.9. The summed E-state index contributed by atoms with van der Waals surface area (Å²) in [6.45, 7) is 5.45. The lowest BCUT2D eigenvalue weighted by Crippen LogP contribution is -2.48. The third-order valence-corrected chi connectivity index (χ3v) is 9.30. The topological polar surface area (TPSA) is 215 Å². The molecule has 5 amide bonds. The fourth-order valence-electron chi connectivity index (χ4n) is 6.13. The van der Waals surface area contributed by atoms with E-state index < -0.39 is 59.7 Å². The standard InChI is InChI=1S/C35H39N9O7S/c1-18(2)10-23-29(46)38-19(3)32-43-26(17-50-32)34(49)44-15-22(39-28(45)21-13-36-35(52-4)37-14-21)12-27(44)31(48)41-24(11-20-8-6-5-7-9-20)33-42-25(16-51-33)30(47)40-23/h5-9,13-14,16-19,22-24,27H,10-12,15H2,1-4H3,(H,38,46)(H,39,45)(H,40,47)(H,41,48)/t19-,22+,23-,24+,27+/m1/s1. The molecule has 0 radical (unpaired) electrons. The summed E-state index contributed by atoms with van der Waals surface area (Å²) < 4.78 is 11.4. The summed E-state index contributed by atoms with van der Waals surface area (Å²) >= 11 is 1.34. The van der Waals surface area contributed by atoms with Crippen LogP contribution in [0, 0.1) is 5.92 Å². The van der Waals surface area contributed by atoms with Gasteiger partial charge >= 0.3 is 0 Å². The van der Waals surface area contributed by atoms with Gasteiger partial charge in [0.25, 0.3) is 17.7 Å². The lowest BCUT2D eigenvalue weighted by molar-refractivity contribution is -0.126. The lowest BCUT2D eigenvalue weighted by atomic mass is 10.0. The molecular formula is C35H39N9O7S. The zero-order valence-electron chi connectivity index (χ0n) is 29.0. The summed E-state index contributed by atoms with van der Waals surface area (Å²) in [5, 5.41) is 11.9. The first-order chi connectivity index (χ1) is 25.0. The minimum absolute atomic E-state index is 0.0234. The van der Waals surface area contributed by atoms with E-state index in [-0.39, 0.29) is 54.0 Å². The number of hydrogen-bond donors (Lipinski definition) is 4. The third kappa shape index (κ3) is 8.30. The van der Waals surface area contributed by atoms with Gasteiger partial charge in [0, 0.05) is 31.4 Å². The molecular weight excluding hydrogens is 691 g/mol. The van der Waals surface area contributed by atoms with E-state index in [1.807, 2.05) is 50.4 Å². The van der Waals surface area contributed by atoms with Gasteiger partial charge in [-0.15, -0.1) is 0 Å². The van der Waals surface area contributed by atoms with Crippen LogP contribution in [0.5, 0.6) is 0 Å². The van der Waals surface area contributed by atoms with Crippen molar-refractivity contribution in [2.45, 2.75) is 75.4 Å². The van der Waals surface area contributed by atoms with Gasteiger partial charge in [-0.1, -0.05) is 55.9 Å². The molecule has 3 aromatic heterocycles. The molecule has 272 valence electrons. The Morgan fingerprint density at radius 3 is 2.35 bits per heavy atom. The Labute approximate surface area is 303 Å². The molecule has 2 aliphatic heterocycles. The summed E-state index contributed by atoms with van der Waals surface area (Å²) in [5.41, 5.74) is 0.898. The summed E-state index contributed by atoms with van der Waals surface area (Å²) in [4.78, 5) is 86.7. The van der Waals surface area contributed by atoms with Crippen LogP contribution in [-0.4, -0.2) is 85.3 Å². The number of hydrogen-bond acceptors (Lipinski definition) is 12. The Hall–Kier alpha value is -5.58. The van der Waals surface area contributed by atoms with Crippen LogP contribution in [0.4, 0.5) is 0 Å². The highest BCUT2D eigenvalue weighted by atomic mass is 32.2. The average molecular weight is 730 g/mol. The maximum absolute atomic E-state index is 14.2. The molecule has 0 unspecified atom stereocenters. The fourth-order valence-corrected chi connectivity index (χ4v) is 6.45. The van der Waals surface area contributed by atoms with Crippen LogP contribution in [0.15, 0.2) is 69.2 Å². The van der Waals surface area contributed by atoms with Crippen molar-refractivity contribution >= 4 is 41.3 Å². The van der Waals surface area contributed by atoms with Crippen molar-refractivity contribution in [2.75, 3.05) is 12.8 Å². The van der Waals surface area contributed by atoms with Crippen LogP contribution in [0.2, 0.25) is 0 Å². The maximum atomic E-state index is 14.2. The number of oxazole rings is 2. The van der Waals surface area contributed by atoms with Crippen LogP contribution >= 0.6 is 11.8 Å². The molecule has 16 nitrogen and oxygen atoms in total. The number of aromatic nitrogens is 4. The fraction of sp³-hybridized carbons (Fsp3) is 0.400. The smallest absolute Gasteiger partial charge is 0.276 e. The molecule has 4 aromatic rings. The molecule has 6 rings (SSSR count). The lowest BCUT2D eigenvalue weighted by Gasteiger charge is -2.25. The molecule has 1 fully saturated rings. The summed E-state index contributed by atoms with van der Waals surface area (Å²) in [7, 11) is 0. The van der Waals surface area contributed by atoms with Gasteiger partial charge < -0.3 is 35.0 Å². The van der Waals surface area contributed by atoms with Gasteiger partial charge in [0.05, 0.1) is 5.56 Å². The van der Waals surface area contributed by atoms with Crippen molar-refractivity contribution in [1.29, 1.82) is 0 Å². The number of amides is 5. The van der Waals surface area contributed by atoms with E-state index in [1.54, 1.807) is 6.92 Å². The van der Waals surface area contributed by atoms with Gasteiger partial charge in [-0.25, -0.2) is 19.9 Å². The predicted octanol–water partition coefficient (Wildman–Crippen LogP) is 2.62. The van der Waals surface area contributed by atoms with Crippen molar-refractivity contribution < 1.29 is 32.8 Å². The first-order valence-corrected chi connectivity index (χ1v) is 18.1. The molecule has 0 spiro atoms. The molecule has 1 saturated heterocycles. The van der Waals surface area contributed by atoms with E-state index >= 15 is 0 Å². The minimum Gasteiger partial charge on any atom is -0.446 e. The number of fused-ring (bicyclic) bond motifs is 5. The Morgan fingerprint density at radius 2 is 1.63 bits per heavy atom. The van der Waals surface area contributed by atoms with E-state index in [2.05, 4.69) is 41.2 Å². The Morgan fingerprint density at radius 1 is 0.942 bits per heavy atom. The molecule has 2 aliphatic rings. The Kier molecular flexibility index (Phi) is 11.0. The van der Waals surface area contributed by atoms with Crippen LogP contribution in [-0.2, 0) is 16.0 Å². The van der Waals surface area contributed by atoms with Crippen LogP contribution in [0.1, 0.15) is 94.4 Å². The average Bonchev–Trinajstić information content (AvgIpc) is 3.91. The van der Waals surface area contributed by atoms with Crippen LogP contribution < -0.4 is 21.3 Å². The second-order valence-electron chi connectivity index (χ2n) is 13.1. The molecule has 0 saturated carbocycles. The molecule has 17 heteroatoms. The van der Waals surface area contributed by atoms with Crippen molar-refractivity contribution in [1.82, 2.24) is 46.1 Å². The summed E-state index contributed by atoms with van der Waals surface area (Å²) in [5.74, 6) is -2.57. The normalized spacial score (nSPS) is 22.6.